The summed E-state index contributed by atoms with van der Waals surface area (Å²) in [5.74, 6) is -2.06. The summed E-state index contributed by atoms with van der Waals surface area (Å²) in [6.07, 6.45) is 0.933. The fraction of sp³-hybridized carbons (Fsp3) is 0.400. The van der Waals surface area contributed by atoms with Gasteiger partial charge in [0, 0.05) is 0 Å². The highest BCUT2D eigenvalue weighted by atomic mass is 16.6. The van der Waals surface area contributed by atoms with E-state index < -0.39 is 39.2 Å². The molecule has 108 valence electrons. The Morgan fingerprint density at radius 2 is 1.90 bits per heavy atom. The summed E-state index contributed by atoms with van der Waals surface area (Å²) in [5.41, 5.74) is -1.12. The zero-order chi connectivity index (χ0) is 15.4. The van der Waals surface area contributed by atoms with Crippen molar-refractivity contribution < 1.29 is 24.7 Å². The lowest BCUT2D eigenvalue weighted by Crippen LogP contribution is -2.45. The minimum atomic E-state index is -1.43. The predicted octanol–water partition coefficient (Wildman–Crippen LogP) is -0.497. The molecule has 0 fully saturated rings. The fourth-order valence-electron chi connectivity index (χ4n) is 1.49. The number of aliphatic carboxylic acids is 1. The molecule has 20 heavy (non-hydrogen) atoms. The van der Waals surface area contributed by atoms with Crippen LogP contribution in [0, 0.1) is 26.1 Å². The highest BCUT2D eigenvalue weighted by molar-refractivity contribution is 5.76. The molecule has 1 atom stereocenters. The molecular weight excluding hydrogens is 272 g/mol. The van der Waals surface area contributed by atoms with E-state index in [1.165, 1.54) is 0 Å². The summed E-state index contributed by atoms with van der Waals surface area (Å²) >= 11 is 0. The lowest BCUT2D eigenvalue weighted by atomic mass is 10.0. The predicted molar refractivity (Wildman–Crippen MR) is 63.6 cm³/mol. The molecule has 10 heteroatoms. The van der Waals surface area contributed by atoms with Crippen molar-refractivity contribution in [2.75, 3.05) is 5.32 Å². The SMILES string of the molecule is CC(C)[C@@H](Nc1[nH+]cc([N+](=O)[O-])cc1[N+](=O)[O-])C(=O)[O-]. The van der Waals surface area contributed by atoms with E-state index in [0.29, 0.717) is 0 Å². The van der Waals surface area contributed by atoms with Crippen molar-refractivity contribution in [1.82, 2.24) is 0 Å². The van der Waals surface area contributed by atoms with Crippen LogP contribution < -0.4 is 15.4 Å². The number of aromatic nitrogens is 1. The number of H-pyrrole nitrogens is 1. The Morgan fingerprint density at radius 3 is 2.30 bits per heavy atom. The van der Waals surface area contributed by atoms with Crippen molar-refractivity contribution in [2.24, 2.45) is 5.92 Å². The first-order chi connectivity index (χ1) is 9.23. The van der Waals surface area contributed by atoms with Crippen molar-refractivity contribution in [3.8, 4) is 0 Å². The third kappa shape index (κ3) is 3.37. The average molecular weight is 284 g/mol. The number of pyridine rings is 1. The molecule has 1 heterocycles. The second-order valence-corrected chi connectivity index (χ2v) is 4.32. The topological polar surface area (TPSA) is 153 Å². The smallest absolute Gasteiger partial charge is 0.364 e. The quantitative estimate of drug-likeness (QED) is 0.545. The van der Waals surface area contributed by atoms with Crippen LogP contribution in [0.15, 0.2) is 12.3 Å². The van der Waals surface area contributed by atoms with Crippen LogP contribution >= 0.6 is 0 Å². The molecule has 1 aromatic heterocycles. The van der Waals surface area contributed by atoms with Crippen molar-refractivity contribution in [1.29, 1.82) is 0 Å². The van der Waals surface area contributed by atoms with E-state index in [4.69, 9.17) is 0 Å². The maximum atomic E-state index is 10.9. The number of anilines is 1. The molecule has 0 radical (unpaired) electrons. The number of hydrogen-bond acceptors (Lipinski definition) is 7. The number of carboxylic acid groups (broad SMARTS) is 1. The Hall–Kier alpha value is -2.78. The minimum absolute atomic E-state index is 0.233. The Morgan fingerprint density at radius 1 is 1.30 bits per heavy atom. The van der Waals surface area contributed by atoms with Crippen LogP contribution in [0.2, 0.25) is 0 Å². The first-order valence-electron chi connectivity index (χ1n) is 5.56. The maximum Gasteiger partial charge on any atom is 0.364 e. The fourth-order valence-corrected chi connectivity index (χ4v) is 1.49. The molecule has 0 saturated heterocycles. The largest absolute Gasteiger partial charge is 0.546 e. The van der Waals surface area contributed by atoms with E-state index in [9.17, 15) is 30.1 Å². The lowest BCUT2D eigenvalue weighted by molar-refractivity contribution is -0.431. The Kier molecular flexibility index (Phi) is 4.51. The third-order valence-corrected chi connectivity index (χ3v) is 2.53. The van der Waals surface area contributed by atoms with Gasteiger partial charge in [-0.3, -0.25) is 25.5 Å². The van der Waals surface area contributed by atoms with Gasteiger partial charge in [0.15, 0.2) is 6.20 Å². The van der Waals surface area contributed by atoms with Gasteiger partial charge in [-0.25, -0.2) is 4.98 Å². The summed E-state index contributed by atoms with van der Waals surface area (Å²) in [5, 5.41) is 34.8. The van der Waals surface area contributed by atoms with Gasteiger partial charge in [-0.15, -0.1) is 0 Å². The Bertz CT molecular complexity index is 559. The standard InChI is InChI=1S/C10H12N4O6/c1-5(2)8(10(15)16)12-9-7(14(19)20)3-6(4-11-9)13(17)18/h3-5,8H,1-2H3,(H,11,12)(H,15,16)/t8-/m1/s1. The highest BCUT2D eigenvalue weighted by Gasteiger charge is 2.29. The van der Waals surface area contributed by atoms with Crippen LogP contribution in [0.5, 0.6) is 0 Å². The number of carbonyl (C=O) groups is 1. The number of nitro groups is 2. The van der Waals surface area contributed by atoms with Gasteiger partial charge in [0.05, 0.1) is 15.8 Å². The van der Waals surface area contributed by atoms with Crippen LogP contribution in [0.4, 0.5) is 17.2 Å². The number of rotatable bonds is 6. The van der Waals surface area contributed by atoms with Crippen LogP contribution in [-0.2, 0) is 4.79 Å². The molecule has 0 bridgehead atoms. The maximum absolute atomic E-state index is 10.9. The van der Waals surface area contributed by atoms with E-state index in [-0.39, 0.29) is 5.82 Å². The molecule has 1 rings (SSSR count). The Balaban J connectivity index is 3.20. The third-order valence-electron chi connectivity index (χ3n) is 2.53. The van der Waals surface area contributed by atoms with Crippen molar-refractivity contribution in [2.45, 2.75) is 19.9 Å². The molecule has 2 N–H and O–H groups in total. The second kappa shape index (κ2) is 5.91. The summed E-state index contributed by atoms with van der Waals surface area (Å²) in [6, 6.07) is -0.433. The van der Waals surface area contributed by atoms with Gasteiger partial charge in [0.2, 0.25) is 0 Å². The molecular formula is C10H12N4O6. The van der Waals surface area contributed by atoms with Crippen molar-refractivity contribution >= 4 is 23.2 Å². The average Bonchev–Trinajstić information content (AvgIpc) is 2.34. The monoisotopic (exact) mass is 284 g/mol. The van der Waals surface area contributed by atoms with E-state index in [0.717, 1.165) is 12.3 Å². The molecule has 0 aliphatic carbocycles. The van der Waals surface area contributed by atoms with Gasteiger partial charge in [0.25, 0.3) is 0 Å². The van der Waals surface area contributed by atoms with Gasteiger partial charge < -0.3 is 9.90 Å². The van der Waals surface area contributed by atoms with Gasteiger partial charge in [-0.2, -0.15) is 0 Å². The summed E-state index contributed by atoms with van der Waals surface area (Å²) in [4.78, 5) is 33.1. The number of carboxylic acids is 1. The molecule has 0 saturated carbocycles. The van der Waals surface area contributed by atoms with Crippen molar-refractivity contribution in [3.05, 3.63) is 32.5 Å². The molecule has 1 aromatic rings. The highest BCUT2D eigenvalue weighted by Crippen LogP contribution is 2.24. The number of aromatic amines is 1. The van der Waals surface area contributed by atoms with Crippen LogP contribution in [-0.4, -0.2) is 21.9 Å². The van der Waals surface area contributed by atoms with Gasteiger partial charge in [-0.05, 0) is 5.92 Å². The summed E-state index contributed by atoms with van der Waals surface area (Å²) < 4.78 is 0. The van der Waals surface area contributed by atoms with Gasteiger partial charge >= 0.3 is 17.2 Å². The molecule has 0 unspecified atom stereocenters. The van der Waals surface area contributed by atoms with E-state index >= 15 is 0 Å². The van der Waals surface area contributed by atoms with Crippen LogP contribution in [0.3, 0.4) is 0 Å². The summed E-state index contributed by atoms with van der Waals surface area (Å²) in [7, 11) is 0. The number of carbonyl (C=O) groups excluding carboxylic acids is 1. The molecule has 0 spiro atoms. The molecule has 0 aliphatic heterocycles. The van der Waals surface area contributed by atoms with E-state index in [1.807, 2.05) is 0 Å². The zero-order valence-corrected chi connectivity index (χ0v) is 10.7. The normalized spacial score (nSPS) is 11.9. The van der Waals surface area contributed by atoms with Gasteiger partial charge in [-0.1, -0.05) is 13.8 Å². The lowest BCUT2D eigenvalue weighted by Gasteiger charge is -2.18. The van der Waals surface area contributed by atoms with Crippen LogP contribution in [0.25, 0.3) is 0 Å². The molecule has 10 nitrogen and oxygen atoms in total. The van der Waals surface area contributed by atoms with Gasteiger partial charge in [0.1, 0.15) is 12.1 Å². The second-order valence-electron chi connectivity index (χ2n) is 4.32. The minimum Gasteiger partial charge on any atom is -0.546 e. The summed E-state index contributed by atoms with van der Waals surface area (Å²) in [6.45, 7) is 3.18. The van der Waals surface area contributed by atoms with Crippen molar-refractivity contribution in [3.63, 3.8) is 0 Å². The zero-order valence-electron chi connectivity index (χ0n) is 10.7. The number of nitrogens with zero attached hydrogens (tertiary/aromatic N) is 2. The number of hydrogen-bond donors (Lipinski definition) is 1. The van der Waals surface area contributed by atoms with E-state index in [2.05, 4.69) is 10.3 Å². The molecule has 0 aromatic carbocycles. The van der Waals surface area contributed by atoms with E-state index in [1.54, 1.807) is 13.8 Å². The first kappa shape index (κ1) is 15.3. The first-order valence-corrected chi connectivity index (χ1v) is 5.56. The number of nitrogens with one attached hydrogen (secondary N) is 2. The molecule has 0 amide bonds. The molecule has 0 aliphatic rings. The Labute approximate surface area is 112 Å². The van der Waals surface area contributed by atoms with Crippen LogP contribution in [0.1, 0.15) is 13.8 Å².